The van der Waals surface area contributed by atoms with Crippen LogP contribution in [0.25, 0.3) is 0 Å². The highest BCUT2D eigenvalue weighted by atomic mass is 16.5. The molecule has 2 aliphatic rings. The molecule has 5 nitrogen and oxygen atoms in total. The molecule has 1 heterocycles. The first-order chi connectivity index (χ1) is 7.72. The summed E-state index contributed by atoms with van der Waals surface area (Å²) >= 11 is 0. The molecular weight excluding hydrogens is 208 g/mol. The normalized spacial score (nSPS) is 21.7. The Kier molecular flexibility index (Phi) is 3.31. The number of amides is 2. The summed E-state index contributed by atoms with van der Waals surface area (Å²) in [4.78, 5) is 25.1. The Hall–Kier alpha value is -1.26. The van der Waals surface area contributed by atoms with Crippen LogP contribution in [0, 0.1) is 5.92 Å². The van der Waals surface area contributed by atoms with Crippen LogP contribution in [0.4, 0.5) is 4.79 Å². The predicted molar refractivity (Wildman–Crippen MR) is 57.9 cm³/mol. The molecule has 16 heavy (non-hydrogen) atoms. The Labute approximate surface area is 95.1 Å². The molecule has 0 aromatic carbocycles. The molecule has 90 valence electrons. The Morgan fingerprint density at radius 1 is 1.31 bits per heavy atom. The lowest BCUT2D eigenvalue weighted by Crippen LogP contribution is -2.49. The van der Waals surface area contributed by atoms with Gasteiger partial charge in [-0.1, -0.05) is 0 Å². The number of nitrogens with zero attached hydrogens (tertiary/aromatic N) is 1. The molecular formula is C11H18N2O3. The van der Waals surface area contributed by atoms with Crippen molar-refractivity contribution < 1.29 is 14.3 Å². The zero-order valence-electron chi connectivity index (χ0n) is 9.57. The van der Waals surface area contributed by atoms with Crippen molar-refractivity contribution in [1.29, 1.82) is 0 Å². The van der Waals surface area contributed by atoms with Gasteiger partial charge in [0.1, 0.15) is 6.04 Å². The number of ether oxygens (including phenoxy) is 1. The Morgan fingerprint density at radius 3 is 2.44 bits per heavy atom. The first-order valence-corrected chi connectivity index (χ1v) is 5.85. The number of alkyl carbamates (subject to hydrolysis) is 1. The molecule has 1 saturated heterocycles. The average Bonchev–Trinajstić information content (AvgIpc) is 2.98. The van der Waals surface area contributed by atoms with Gasteiger partial charge in [-0.3, -0.25) is 4.79 Å². The lowest BCUT2D eigenvalue weighted by atomic mass is 10.1. The molecule has 2 fully saturated rings. The molecule has 1 aliphatic heterocycles. The topological polar surface area (TPSA) is 58.6 Å². The van der Waals surface area contributed by atoms with E-state index in [2.05, 4.69) is 10.1 Å². The summed E-state index contributed by atoms with van der Waals surface area (Å²) in [5, 5.41) is 2.65. The summed E-state index contributed by atoms with van der Waals surface area (Å²) in [7, 11) is 1.32. The molecule has 0 spiro atoms. The monoisotopic (exact) mass is 226 g/mol. The van der Waals surface area contributed by atoms with Crippen LogP contribution in [-0.4, -0.2) is 43.1 Å². The predicted octanol–water partition coefficient (Wildman–Crippen LogP) is 0.743. The van der Waals surface area contributed by atoms with Gasteiger partial charge in [-0.2, -0.15) is 0 Å². The molecule has 0 aromatic rings. The highest BCUT2D eigenvalue weighted by Crippen LogP contribution is 2.34. The van der Waals surface area contributed by atoms with Crippen molar-refractivity contribution in [2.24, 2.45) is 5.92 Å². The average molecular weight is 226 g/mol. The number of carbonyl (C=O) groups excluding carboxylic acids is 2. The van der Waals surface area contributed by atoms with Gasteiger partial charge in [-0.25, -0.2) is 4.79 Å². The van der Waals surface area contributed by atoms with Crippen molar-refractivity contribution in [1.82, 2.24) is 10.2 Å². The van der Waals surface area contributed by atoms with Crippen molar-refractivity contribution >= 4 is 12.0 Å². The second-order valence-electron chi connectivity index (χ2n) is 4.48. The summed E-state index contributed by atoms with van der Waals surface area (Å²) in [6, 6.07) is -0.370. The quantitative estimate of drug-likeness (QED) is 0.772. The minimum absolute atomic E-state index is 0.0606. The summed E-state index contributed by atoms with van der Waals surface area (Å²) < 4.78 is 4.55. The maximum absolute atomic E-state index is 12.1. The van der Waals surface area contributed by atoms with Gasteiger partial charge >= 0.3 is 6.09 Å². The number of hydrogen-bond donors (Lipinski definition) is 1. The lowest BCUT2D eigenvalue weighted by molar-refractivity contribution is -0.132. The van der Waals surface area contributed by atoms with Gasteiger partial charge in [0, 0.05) is 13.1 Å². The van der Waals surface area contributed by atoms with Gasteiger partial charge in [0.05, 0.1) is 7.11 Å². The Balaban J connectivity index is 1.95. The smallest absolute Gasteiger partial charge is 0.407 e. The van der Waals surface area contributed by atoms with Crippen molar-refractivity contribution in [3.63, 3.8) is 0 Å². The molecule has 2 rings (SSSR count). The molecule has 0 radical (unpaired) electrons. The second-order valence-corrected chi connectivity index (χ2v) is 4.48. The minimum Gasteiger partial charge on any atom is -0.453 e. The fraction of sp³-hybridized carbons (Fsp3) is 0.818. The van der Waals surface area contributed by atoms with E-state index in [9.17, 15) is 9.59 Å². The third-order valence-electron chi connectivity index (χ3n) is 3.24. The Morgan fingerprint density at radius 2 is 1.94 bits per heavy atom. The van der Waals surface area contributed by atoms with E-state index in [0.29, 0.717) is 5.92 Å². The number of methoxy groups -OCH3 is 1. The minimum atomic E-state index is -0.510. The molecule has 1 unspecified atom stereocenters. The number of hydrogen-bond acceptors (Lipinski definition) is 3. The molecule has 1 saturated carbocycles. The van der Waals surface area contributed by atoms with Crippen LogP contribution in [0.2, 0.25) is 0 Å². The molecule has 1 aliphatic carbocycles. The SMILES string of the molecule is COC(=O)NC(C(=O)N1CCCC1)C1CC1. The van der Waals surface area contributed by atoms with E-state index in [1.54, 1.807) is 0 Å². The van der Waals surface area contributed by atoms with Crippen LogP contribution in [-0.2, 0) is 9.53 Å². The molecule has 2 amide bonds. The maximum atomic E-state index is 12.1. The number of rotatable bonds is 3. The van der Waals surface area contributed by atoms with Gasteiger partial charge in [-0.05, 0) is 31.6 Å². The van der Waals surface area contributed by atoms with Crippen LogP contribution < -0.4 is 5.32 Å². The van der Waals surface area contributed by atoms with Crippen LogP contribution in [0.1, 0.15) is 25.7 Å². The van der Waals surface area contributed by atoms with Gasteiger partial charge in [0.2, 0.25) is 5.91 Å². The van der Waals surface area contributed by atoms with Crippen LogP contribution in [0.15, 0.2) is 0 Å². The van der Waals surface area contributed by atoms with E-state index in [-0.39, 0.29) is 11.9 Å². The molecule has 1 atom stereocenters. The molecule has 1 N–H and O–H groups in total. The van der Waals surface area contributed by atoms with Crippen molar-refractivity contribution in [2.75, 3.05) is 20.2 Å². The van der Waals surface area contributed by atoms with Crippen molar-refractivity contribution in [2.45, 2.75) is 31.7 Å². The fourth-order valence-corrected chi connectivity index (χ4v) is 2.13. The van der Waals surface area contributed by atoms with Gasteiger partial charge in [0.15, 0.2) is 0 Å². The van der Waals surface area contributed by atoms with Crippen LogP contribution >= 0.6 is 0 Å². The Bertz CT molecular complexity index is 283. The van der Waals surface area contributed by atoms with Crippen LogP contribution in [0.5, 0.6) is 0 Å². The van der Waals surface area contributed by atoms with E-state index in [4.69, 9.17) is 0 Å². The lowest BCUT2D eigenvalue weighted by Gasteiger charge is -2.23. The summed E-state index contributed by atoms with van der Waals surface area (Å²) in [5.74, 6) is 0.373. The van der Waals surface area contributed by atoms with E-state index in [0.717, 1.165) is 38.8 Å². The first kappa shape index (κ1) is 11.2. The number of carbonyl (C=O) groups is 2. The number of nitrogens with one attached hydrogen (secondary N) is 1. The molecule has 5 heteroatoms. The van der Waals surface area contributed by atoms with E-state index >= 15 is 0 Å². The summed E-state index contributed by atoms with van der Waals surface area (Å²) in [6.45, 7) is 1.65. The standard InChI is InChI=1S/C11H18N2O3/c1-16-11(15)12-9(8-4-5-8)10(14)13-6-2-3-7-13/h8-9H,2-7H2,1H3,(H,12,15). The van der Waals surface area contributed by atoms with Gasteiger partial charge in [-0.15, -0.1) is 0 Å². The number of likely N-dealkylation sites (tertiary alicyclic amines) is 1. The van der Waals surface area contributed by atoms with Crippen molar-refractivity contribution in [3.05, 3.63) is 0 Å². The summed E-state index contributed by atoms with van der Waals surface area (Å²) in [6.07, 6.45) is 3.68. The summed E-state index contributed by atoms with van der Waals surface area (Å²) in [5.41, 5.74) is 0. The van der Waals surface area contributed by atoms with E-state index in [1.807, 2.05) is 4.90 Å². The van der Waals surface area contributed by atoms with Crippen molar-refractivity contribution in [3.8, 4) is 0 Å². The molecule has 0 bridgehead atoms. The second kappa shape index (κ2) is 4.72. The third kappa shape index (κ3) is 2.46. The highest BCUT2D eigenvalue weighted by Gasteiger charge is 2.39. The zero-order valence-corrected chi connectivity index (χ0v) is 9.57. The van der Waals surface area contributed by atoms with E-state index < -0.39 is 6.09 Å². The first-order valence-electron chi connectivity index (χ1n) is 5.85. The zero-order chi connectivity index (χ0) is 11.5. The van der Waals surface area contributed by atoms with Gasteiger partial charge in [0.25, 0.3) is 0 Å². The fourth-order valence-electron chi connectivity index (χ4n) is 2.13. The van der Waals surface area contributed by atoms with Gasteiger partial charge < -0.3 is 15.0 Å². The highest BCUT2D eigenvalue weighted by molar-refractivity contribution is 5.86. The maximum Gasteiger partial charge on any atom is 0.407 e. The van der Waals surface area contributed by atoms with E-state index in [1.165, 1.54) is 7.11 Å². The van der Waals surface area contributed by atoms with Crippen LogP contribution in [0.3, 0.4) is 0 Å². The molecule has 0 aromatic heterocycles. The third-order valence-corrected chi connectivity index (χ3v) is 3.24. The largest absolute Gasteiger partial charge is 0.453 e.